The van der Waals surface area contributed by atoms with Crippen molar-refractivity contribution in [3.05, 3.63) is 88.7 Å². The Morgan fingerprint density at radius 1 is 1.10 bits per heavy atom. The molecule has 5 rings (SSSR count). The first-order chi connectivity index (χ1) is 19.1. The molecule has 0 radical (unpaired) electrons. The van der Waals surface area contributed by atoms with Gasteiger partial charge in [-0.05, 0) is 66.9 Å². The van der Waals surface area contributed by atoms with E-state index in [2.05, 4.69) is 25.3 Å². The summed E-state index contributed by atoms with van der Waals surface area (Å²) < 4.78 is 42.5. The van der Waals surface area contributed by atoms with Crippen molar-refractivity contribution in [2.75, 3.05) is 10.7 Å². The lowest BCUT2D eigenvalue weighted by molar-refractivity contribution is -0.274. The van der Waals surface area contributed by atoms with Crippen LogP contribution in [0.4, 0.5) is 18.9 Å². The number of nitrogens with one attached hydrogen (secondary N) is 1. The Kier molecular flexibility index (Phi) is 7.72. The number of amides is 1. The number of aromatic nitrogens is 3. The molecule has 1 atom stereocenters. The second kappa shape index (κ2) is 11.2. The molecule has 8 nitrogen and oxygen atoms in total. The highest BCUT2D eigenvalue weighted by Crippen LogP contribution is 2.35. The maximum absolute atomic E-state index is 12.7. The number of hydrazone groups is 1. The van der Waals surface area contributed by atoms with E-state index in [1.165, 1.54) is 47.0 Å². The number of carbonyl (C=O) groups excluding carboxylic acids is 1. The first-order valence-electron chi connectivity index (χ1n) is 11.9. The third-order valence-corrected chi connectivity index (χ3v) is 7.22. The molecule has 1 aromatic heterocycles. The minimum Gasteiger partial charge on any atom is -0.406 e. The molecule has 1 aliphatic heterocycles. The fraction of sp³-hybridized carbons (Fsp3) is 0.185. The average molecular weight is 587 g/mol. The molecule has 0 spiro atoms. The molecule has 1 unspecified atom stereocenters. The summed E-state index contributed by atoms with van der Waals surface area (Å²) in [5.74, 6) is 0.467. The highest BCUT2D eigenvalue weighted by molar-refractivity contribution is 8.01. The van der Waals surface area contributed by atoms with Crippen LogP contribution in [0.1, 0.15) is 16.7 Å². The van der Waals surface area contributed by atoms with Crippen LogP contribution in [0, 0.1) is 13.8 Å². The van der Waals surface area contributed by atoms with Gasteiger partial charge in [0.25, 0.3) is 0 Å². The summed E-state index contributed by atoms with van der Waals surface area (Å²) >= 11 is 7.62. The summed E-state index contributed by atoms with van der Waals surface area (Å²) in [6, 6.07) is 16.4. The van der Waals surface area contributed by atoms with Crippen LogP contribution in [-0.4, -0.2) is 44.5 Å². The molecule has 1 fully saturated rings. The largest absolute Gasteiger partial charge is 0.573 e. The van der Waals surface area contributed by atoms with Crippen LogP contribution in [0.5, 0.6) is 5.75 Å². The van der Waals surface area contributed by atoms with Gasteiger partial charge in [0.15, 0.2) is 11.3 Å². The zero-order valence-corrected chi connectivity index (χ0v) is 22.8. The second-order valence-electron chi connectivity index (χ2n) is 8.88. The molecule has 3 aromatic carbocycles. The molecule has 40 heavy (non-hydrogen) atoms. The molecular weight excluding hydrogens is 565 g/mol. The standard InChI is InChI=1S/C27H22ClF3N6O2S/c1-16-11-20(28)12-17(2)24(16)37-23(38)14-40-26(37)34-33-13-18-3-5-19(6-4-18)25-32-15-36(35-25)21-7-9-22(10-8-21)39-27(29,30)31/h3-13,15,26,34H,14H2,1-2H3/b33-13+. The van der Waals surface area contributed by atoms with Gasteiger partial charge < -0.3 is 4.74 Å². The van der Waals surface area contributed by atoms with Crippen LogP contribution in [0.15, 0.2) is 72.1 Å². The summed E-state index contributed by atoms with van der Waals surface area (Å²) in [6.07, 6.45) is -1.62. The molecule has 1 aliphatic rings. The predicted octanol–water partition coefficient (Wildman–Crippen LogP) is 6.09. The molecular formula is C27H22ClF3N6O2S. The van der Waals surface area contributed by atoms with Gasteiger partial charge in [0, 0.05) is 10.6 Å². The number of aryl methyl sites for hydroxylation is 2. The molecule has 4 aromatic rings. The van der Waals surface area contributed by atoms with Gasteiger partial charge in [-0.15, -0.1) is 30.0 Å². The van der Waals surface area contributed by atoms with E-state index in [-0.39, 0.29) is 17.2 Å². The van der Waals surface area contributed by atoms with Gasteiger partial charge in [-0.3, -0.25) is 15.1 Å². The number of halogens is 4. The van der Waals surface area contributed by atoms with Crippen LogP contribution in [0.25, 0.3) is 17.1 Å². The van der Waals surface area contributed by atoms with Gasteiger partial charge in [-0.2, -0.15) is 5.10 Å². The van der Waals surface area contributed by atoms with Gasteiger partial charge in [-0.25, -0.2) is 9.67 Å². The van der Waals surface area contributed by atoms with Gasteiger partial charge >= 0.3 is 6.36 Å². The van der Waals surface area contributed by atoms with Crippen LogP contribution in [-0.2, 0) is 4.79 Å². The minimum atomic E-state index is -4.75. The summed E-state index contributed by atoms with van der Waals surface area (Å²) in [7, 11) is 0. The predicted molar refractivity (Wildman–Crippen MR) is 149 cm³/mol. The Bertz CT molecular complexity index is 1530. The van der Waals surface area contributed by atoms with E-state index in [1.54, 1.807) is 11.1 Å². The summed E-state index contributed by atoms with van der Waals surface area (Å²) in [5.41, 5.74) is 7.46. The molecule has 1 saturated heterocycles. The van der Waals surface area contributed by atoms with Crippen molar-refractivity contribution < 1.29 is 22.7 Å². The number of anilines is 1. The lowest BCUT2D eigenvalue weighted by Crippen LogP contribution is -2.40. The number of benzene rings is 3. The van der Waals surface area contributed by atoms with Gasteiger partial charge in [0.05, 0.1) is 23.3 Å². The molecule has 2 heterocycles. The molecule has 1 amide bonds. The fourth-order valence-corrected chi connectivity index (χ4v) is 5.53. The van der Waals surface area contributed by atoms with E-state index in [0.717, 1.165) is 27.9 Å². The lowest BCUT2D eigenvalue weighted by Gasteiger charge is -2.26. The monoisotopic (exact) mass is 586 g/mol. The van der Waals surface area contributed by atoms with Crippen molar-refractivity contribution in [1.82, 2.24) is 20.2 Å². The Balaban J connectivity index is 1.23. The molecule has 1 N–H and O–H groups in total. The third-order valence-electron chi connectivity index (χ3n) is 5.96. The number of carbonyl (C=O) groups is 1. The first-order valence-corrected chi connectivity index (χ1v) is 13.4. The van der Waals surface area contributed by atoms with Gasteiger partial charge in [0.2, 0.25) is 5.91 Å². The SMILES string of the molecule is Cc1cc(Cl)cc(C)c1N1C(=O)CSC1N/N=C/c1ccc(-c2ncn(-c3ccc(OC(F)(F)F)cc3)n2)cc1. The number of thioether (sulfide) groups is 1. The van der Waals surface area contributed by atoms with E-state index < -0.39 is 6.36 Å². The zero-order valence-electron chi connectivity index (χ0n) is 21.2. The Morgan fingerprint density at radius 3 is 2.42 bits per heavy atom. The fourth-order valence-electron chi connectivity index (χ4n) is 4.26. The quantitative estimate of drug-likeness (QED) is 0.208. The third kappa shape index (κ3) is 6.23. The zero-order chi connectivity index (χ0) is 28.4. The maximum atomic E-state index is 12.7. The molecule has 0 bridgehead atoms. The van der Waals surface area contributed by atoms with Gasteiger partial charge in [-0.1, -0.05) is 35.9 Å². The van der Waals surface area contributed by atoms with Crippen molar-refractivity contribution in [1.29, 1.82) is 0 Å². The summed E-state index contributed by atoms with van der Waals surface area (Å²) in [5, 5.41) is 9.39. The molecule has 0 aliphatic carbocycles. The summed E-state index contributed by atoms with van der Waals surface area (Å²) in [6.45, 7) is 3.85. The van der Waals surface area contributed by atoms with Crippen LogP contribution in [0.3, 0.4) is 0 Å². The highest BCUT2D eigenvalue weighted by atomic mass is 35.5. The Hall–Kier alpha value is -4.03. The van der Waals surface area contributed by atoms with Gasteiger partial charge in [0.1, 0.15) is 12.1 Å². The topological polar surface area (TPSA) is 84.6 Å². The van der Waals surface area contributed by atoms with Crippen molar-refractivity contribution in [3.8, 4) is 22.8 Å². The maximum Gasteiger partial charge on any atom is 0.573 e. The molecule has 13 heteroatoms. The second-order valence-corrected chi connectivity index (χ2v) is 10.4. The van der Waals surface area contributed by atoms with Crippen molar-refractivity contribution in [2.45, 2.75) is 25.7 Å². The number of nitrogens with zero attached hydrogens (tertiary/aromatic N) is 5. The Labute approximate surface area is 236 Å². The number of rotatable bonds is 7. The van der Waals surface area contributed by atoms with Crippen molar-refractivity contribution in [3.63, 3.8) is 0 Å². The normalized spacial score (nSPS) is 15.7. The van der Waals surface area contributed by atoms with Crippen molar-refractivity contribution in [2.24, 2.45) is 5.10 Å². The van der Waals surface area contributed by atoms with E-state index in [0.29, 0.717) is 22.3 Å². The first kappa shape index (κ1) is 27.5. The highest BCUT2D eigenvalue weighted by Gasteiger charge is 2.34. The van der Waals surface area contributed by atoms with Crippen molar-refractivity contribution >= 4 is 41.2 Å². The minimum absolute atomic E-state index is 0.00639. The van der Waals surface area contributed by atoms with E-state index >= 15 is 0 Å². The molecule has 206 valence electrons. The van der Waals surface area contributed by atoms with Crippen LogP contribution < -0.4 is 15.1 Å². The Morgan fingerprint density at radius 2 is 1.77 bits per heavy atom. The number of ether oxygens (including phenoxy) is 1. The van der Waals surface area contributed by atoms with Crippen LogP contribution >= 0.6 is 23.4 Å². The number of hydrogen-bond acceptors (Lipinski definition) is 7. The smallest absolute Gasteiger partial charge is 0.406 e. The molecule has 0 saturated carbocycles. The van der Waals surface area contributed by atoms with E-state index in [1.807, 2.05) is 50.2 Å². The lowest BCUT2D eigenvalue weighted by atomic mass is 10.1. The number of hydrogen-bond donors (Lipinski definition) is 1. The van der Waals surface area contributed by atoms with E-state index in [4.69, 9.17) is 11.6 Å². The van der Waals surface area contributed by atoms with Crippen LogP contribution in [0.2, 0.25) is 5.02 Å². The summed E-state index contributed by atoms with van der Waals surface area (Å²) in [4.78, 5) is 18.7. The average Bonchev–Trinajstić information content (AvgIpc) is 3.52. The van der Waals surface area contributed by atoms with E-state index in [9.17, 15) is 18.0 Å². The number of alkyl halides is 3.